The van der Waals surface area contributed by atoms with Gasteiger partial charge in [-0.1, -0.05) is 36.8 Å². The summed E-state index contributed by atoms with van der Waals surface area (Å²) in [6.07, 6.45) is 12.0. The molecule has 0 radical (unpaired) electrons. The number of carbonyl (C=O) groups is 1. The zero-order valence-electron chi connectivity index (χ0n) is 17.9. The van der Waals surface area contributed by atoms with E-state index in [1.807, 2.05) is 32.2 Å². The van der Waals surface area contributed by atoms with Gasteiger partial charge in [0.15, 0.2) is 12.2 Å². The fourth-order valence-corrected chi connectivity index (χ4v) is 3.67. The standard InChI is InChI=1S/C25H29ClN2O2/c1-6-8-9-24(18(3)4)28(5)16-19(7-2)21(12-13-29)23-14-20(26)10-11-22(23)25-15-27-17-30-25/h6,10-17,24H,1,3,7-9H2,2,4-5H3/b19-16-,21-12+. The maximum atomic E-state index is 11.5. The second-order valence-corrected chi connectivity index (χ2v) is 7.61. The Kier molecular flexibility index (Phi) is 8.88. The topological polar surface area (TPSA) is 46.3 Å². The van der Waals surface area contributed by atoms with Gasteiger partial charge in [-0.25, -0.2) is 4.98 Å². The third-order valence-corrected chi connectivity index (χ3v) is 5.23. The van der Waals surface area contributed by atoms with E-state index in [-0.39, 0.29) is 6.04 Å². The minimum atomic E-state index is 0.176. The van der Waals surface area contributed by atoms with Crippen LogP contribution >= 0.6 is 11.6 Å². The van der Waals surface area contributed by atoms with Crippen molar-refractivity contribution in [2.45, 2.75) is 39.2 Å². The van der Waals surface area contributed by atoms with E-state index in [9.17, 15) is 4.79 Å². The Morgan fingerprint density at radius 2 is 2.17 bits per heavy atom. The van der Waals surface area contributed by atoms with Crippen molar-refractivity contribution in [3.8, 4) is 11.3 Å². The highest BCUT2D eigenvalue weighted by molar-refractivity contribution is 6.31. The fourth-order valence-electron chi connectivity index (χ4n) is 3.50. The molecule has 2 rings (SSSR count). The van der Waals surface area contributed by atoms with E-state index in [0.29, 0.717) is 10.8 Å². The number of likely N-dealkylation sites (N-methyl/N-ethyl adjacent to an activating group) is 1. The molecule has 0 aliphatic heterocycles. The van der Waals surface area contributed by atoms with Crippen molar-refractivity contribution in [3.05, 3.63) is 84.0 Å². The van der Waals surface area contributed by atoms with E-state index >= 15 is 0 Å². The summed E-state index contributed by atoms with van der Waals surface area (Å²) in [6, 6.07) is 5.71. The lowest BCUT2D eigenvalue weighted by atomic mass is 9.91. The molecule has 5 heteroatoms. The Balaban J connectivity index is 2.56. The lowest BCUT2D eigenvalue weighted by Gasteiger charge is -2.29. The molecular weight excluding hydrogens is 396 g/mol. The summed E-state index contributed by atoms with van der Waals surface area (Å²) < 4.78 is 5.52. The van der Waals surface area contributed by atoms with E-state index in [4.69, 9.17) is 16.0 Å². The molecule has 0 N–H and O–H groups in total. The molecular formula is C25H29ClN2O2. The molecule has 0 saturated carbocycles. The number of aromatic nitrogens is 1. The van der Waals surface area contributed by atoms with Crippen LogP contribution < -0.4 is 0 Å². The molecule has 1 unspecified atom stereocenters. The van der Waals surface area contributed by atoms with Crippen LogP contribution in [0.2, 0.25) is 5.02 Å². The zero-order valence-corrected chi connectivity index (χ0v) is 18.7. The Hall–Kier alpha value is -2.85. The van der Waals surface area contributed by atoms with Crippen LogP contribution in [-0.2, 0) is 4.79 Å². The zero-order chi connectivity index (χ0) is 22.1. The average molecular weight is 425 g/mol. The van der Waals surface area contributed by atoms with Crippen molar-refractivity contribution < 1.29 is 9.21 Å². The highest BCUT2D eigenvalue weighted by Gasteiger charge is 2.18. The summed E-state index contributed by atoms with van der Waals surface area (Å²) in [4.78, 5) is 17.7. The summed E-state index contributed by atoms with van der Waals surface area (Å²) in [5, 5.41) is 0.583. The molecule has 0 amide bonds. The van der Waals surface area contributed by atoms with Crippen molar-refractivity contribution in [1.29, 1.82) is 0 Å². The van der Waals surface area contributed by atoms with Gasteiger partial charge in [-0.3, -0.25) is 4.79 Å². The normalized spacial score (nSPS) is 13.1. The average Bonchev–Trinajstić information content (AvgIpc) is 3.25. The van der Waals surface area contributed by atoms with E-state index < -0.39 is 0 Å². The molecule has 0 aliphatic rings. The van der Waals surface area contributed by atoms with Crippen LogP contribution in [-0.4, -0.2) is 29.3 Å². The van der Waals surface area contributed by atoms with E-state index in [2.05, 4.69) is 36.2 Å². The molecule has 1 atom stereocenters. The maximum Gasteiger partial charge on any atom is 0.181 e. The predicted molar refractivity (Wildman–Crippen MR) is 125 cm³/mol. The second kappa shape index (κ2) is 11.4. The number of rotatable bonds is 11. The molecule has 158 valence electrons. The first-order valence-corrected chi connectivity index (χ1v) is 10.3. The number of hydrogen-bond donors (Lipinski definition) is 0. The molecule has 0 bridgehead atoms. The lowest BCUT2D eigenvalue weighted by molar-refractivity contribution is -0.104. The molecule has 30 heavy (non-hydrogen) atoms. The number of hydrogen-bond acceptors (Lipinski definition) is 4. The second-order valence-electron chi connectivity index (χ2n) is 7.17. The molecule has 0 fully saturated rings. The summed E-state index contributed by atoms with van der Waals surface area (Å²) >= 11 is 6.31. The third-order valence-electron chi connectivity index (χ3n) is 5.00. The van der Waals surface area contributed by atoms with Crippen molar-refractivity contribution in [2.75, 3.05) is 7.05 Å². The lowest BCUT2D eigenvalue weighted by Crippen LogP contribution is -2.28. The summed E-state index contributed by atoms with van der Waals surface area (Å²) in [6.45, 7) is 12.1. The molecule has 0 spiro atoms. The molecule has 0 aliphatic carbocycles. The van der Waals surface area contributed by atoms with Gasteiger partial charge in [0.25, 0.3) is 0 Å². The molecule has 2 aromatic rings. The van der Waals surface area contributed by atoms with Crippen LogP contribution in [0.1, 0.15) is 38.7 Å². The van der Waals surface area contributed by atoms with Gasteiger partial charge in [-0.05, 0) is 67.2 Å². The van der Waals surface area contributed by atoms with Crippen LogP contribution in [0.25, 0.3) is 16.9 Å². The van der Waals surface area contributed by atoms with Crippen molar-refractivity contribution in [2.24, 2.45) is 0 Å². The molecule has 1 heterocycles. The van der Waals surface area contributed by atoms with Crippen LogP contribution in [0, 0.1) is 0 Å². The minimum Gasteiger partial charge on any atom is -0.443 e. The summed E-state index contributed by atoms with van der Waals surface area (Å²) in [5.74, 6) is 0.619. The van der Waals surface area contributed by atoms with Gasteiger partial charge >= 0.3 is 0 Å². The number of carbonyl (C=O) groups excluding carboxylic acids is 1. The predicted octanol–water partition coefficient (Wildman–Crippen LogP) is 6.71. The van der Waals surface area contributed by atoms with Gasteiger partial charge in [0, 0.05) is 29.9 Å². The number of allylic oxidation sites excluding steroid dienone is 4. The third kappa shape index (κ3) is 5.83. The molecule has 1 aromatic carbocycles. The first-order valence-electron chi connectivity index (χ1n) is 9.96. The Labute approximate surface area is 184 Å². The monoisotopic (exact) mass is 424 g/mol. The van der Waals surface area contributed by atoms with Gasteiger partial charge in [-0.2, -0.15) is 0 Å². The fraction of sp³-hybridized carbons (Fsp3) is 0.280. The quantitative estimate of drug-likeness (QED) is 0.174. The van der Waals surface area contributed by atoms with Gasteiger partial charge < -0.3 is 9.32 Å². The Morgan fingerprint density at radius 3 is 2.73 bits per heavy atom. The Bertz CT molecular complexity index is 942. The number of aldehydes is 1. The van der Waals surface area contributed by atoms with Gasteiger partial charge in [0.2, 0.25) is 0 Å². The van der Waals surface area contributed by atoms with Gasteiger partial charge in [0.05, 0.1) is 6.20 Å². The van der Waals surface area contributed by atoms with Crippen molar-refractivity contribution in [3.63, 3.8) is 0 Å². The van der Waals surface area contributed by atoms with Gasteiger partial charge in [0.1, 0.15) is 6.29 Å². The maximum absolute atomic E-state index is 11.5. The summed E-state index contributed by atoms with van der Waals surface area (Å²) in [5.41, 5.74) is 4.55. The highest BCUT2D eigenvalue weighted by atomic mass is 35.5. The van der Waals surface area contributed by atoms with Gasteiger partial charge in [-0.15, -0.1) is 6.58 Å². The first-order chi connectivity index (χ1) is 14.4. The molecule has 1 aromatic heterocycles. The van der Waals surface area contributed by atoms with E-state index in [0.717, 1.165) is 53.4 Å². The number of benzene rings is 1. The van der Waals surface area contributed by atoms with Crippen LogP contribution in [0.15, 0.2) is 77.9 Å². The minimum absolute atomic E-state index is 0.176. The number of halogens is 1. The van der Waals surface area contributed by atoms with Crippen molar-refractivity contribution >= 4 is 23.5 Å². The molecule has 0 saturated heterocycles. The number of oxazole rings is 1. The SMILES string of the molecule is C=CCCC(C(=C)C)N(C)/C=C(CC)\C(=C/C=O)c1cc(Cl)ccc1-c1cnco1. The van der Waals surface area contributed by atoms with Crippen LogP contribution in [0.5, 0.6) is 0 Å². The van der Waals surface area contributed by atoms with E-state index in [1.165, 1.54) is 6.39 Å². The largest absolute Gasteiger partial charge is 0.443 e. The first kappa shape index (κ1) is 23.4. The van der Waals surface area contributed by atoms with Crippen LogP contribution in [0.4, 0.5) is 0 Å². The number of nitrogens with zero attached hydrogens (tertiary/aromatic N) is 2. The van der Waals surface area contributed by atoms with Crippen LogP contribution in [0.3, 0.4) is 0 Å². The van der Waals surface area contributed by atoms with E-state index in [1.54, 1.807) is 18.3 Å². The summed E-state index contributed by atoms with van der Waals surface area (Å²) in [7, 11) is 2.03. The molecule has 4 nitrogen and oxygen atoms in total. The Morgan fingerprint density at radius 1 is 1.40 bits per heavy atom. The highest BCUT2D eigenvalue weighted by Crippen LogP contribution is 2.36. The smallest absolute Gasteiger partial charge is 0.181 e. The van der Waals surface area contributed by atoms with Crippen molar-refractivity contribution in [1.82, 2.24) is 9.88 Å².